The number of ether oxygens (including phenoxy) is 2. The van der Waals surface area contributed by atoms with E-state index >= 15 is 0 Å². The molecule has 12 nitrogen and oxygen atoms in total. The Labute approximate surface area is 234 Å². The van der Waals surface area contributed by atoms with Crippen LogP contribution in [0.3, 0.4) is 0 Å². The van der Waals surface area contributed by atoms with Crippen LogP contribution in [0.2, 0.25) is 5.02 Å². The second kappa shape index (κ2) is 9.15. The van der Waals surface area contributed by atoms with E-state index in [0.717, 1.165) is 30.0 Å². The van der Waals surface area contributed by atoms with Crippen LogP contribution in [-0.4, -0.2) is 63.1 Å². The van der Waals surface area contributed by atoms with Crippen molar-refractivity contribution in [2.75, 3.05) is 18.5 Å². The fraction of sp³-hybridized carbons (Fsp3) is 0.444. The second-order valence-corrected chi connectivity index (χ2v) is 11.9. The van der Waals surface area contributed by atoms with Crippen LogP contribution in [0.4, 0.5) is 11.8 Å². The zero-order valence-electron chi connectivity index (χ0n) is 22.7. The molecule has 0 spiro atoms. The minimum absolute atomic E-state index is 0.202. The van der Waals surface area contributed by atoms with Gasteiger partial charge in [-0.15, -0.1) is 0 Å². The summed E-state index contributed by atoms with van der Waals surface area (Å²) in [5.41, 5.74) is 2.64. The highest BCUT2D eigenvalue weighted by molar-refractivity contribution is 6.36. The van der Waals surface area contributed by atoms with E-state index < -0.39 is 6.10 Å². The van der Waals surface area contributed by atoms with Crippen molar-refractivity contribution in [3.05, 3.63) is 47.4 Å². The molecule has 2 aliphatic rings. The number of aryl methyl sites for hydroxylation is 1. The lowest BCUT2D eigenvalue weighted by Gasteiger charge is -2.24. The average Bonchev–Trinajstić information content (AvgIpc) is 3.21. The van der Waals surface area contributed by atoms with Crippen LogP contribution >= 0.6 is 11.6 Å². The van der Waals surface area contributed by atoms with Crippen molar-refractivity contribution in [2.45, 2.75) is 57.1 Å². The van der Waals surface area contributed by atoms with E-state index in [9.17, 15) is 5.11 Å². The van der Waals surface area contributed by atoms with Crippen molar-refractivity contribution in [1.29, 1.82) is 0 Å². The Balaban J connectivity index is 1.20. The quantitative estimate of drug-likeness (QED) is 0.306. The van der Waals surface area contributed by atoms with E-state index in [1.54, 1.807) is 18.6 Å². The smallest absolute Gasteiger partial charge is 0.210 e. The molecule has 0 radical (unpaired) electrons. The van der Waals surface area contributed by atoms with E-state index in [-0.39, 0.29) is 11.5 Å². The summed E-state index contributed by atoms with van der Waals surface area (Å²) in [5.74, 6) is 3.53. The van der Waals surface area contributed by atoms with Crippen molar-refractivity contribution in [3.63, 3.8) is 0 Å². The van der Waals surface area contributed by atoms with Gasteiger partial charge in [0, 0.05) is 30.1 Å². The summed E-state index contributed by atoms with van der Waals surface area (Å²) >= 11 is 6.84. The van der Waals surface area contributed by atoms with Gasteiger partial charge in [0.1, 0.15) is 28.5 Å². The summed E-state index contributed by atoms with van der Waals surface area (Å²) in [6.07, 6.45) is 8.55. The van der Waals surface area contributed by atoms with Gasteiger partial charge in [-0.1, -0.05) is 32.4 Å². The van der Waals surface area contributed by atoms with Gasteiger partial charge in [-0.3, -0.25) is 9.08 Å². The number of aliphatic hydroxyl groups is 1. The van der Waals surface area contributed by atoms with E-state index in [1.807, 2.05) is 33.0 Å². The van der Waals surface area contributed by atoms with Crippen LogP contribution in [0.1, 0.15) is 57.1 Å². The summed E-state index contributed by atoms with van der Waals surface area (Å²) in [6, 6.07) is 1.72. The van der Waals surface area contributed by atoms with Crippen molar-refractivity contribution in [2.24, 2.45) is 7.05 Å². The first kappa shape index (κ1) is 25.2. The van der Waals surface area contributed by atoms with Crippen LogP contribution in [0.5, 0.6) is 11.5 Å². The van der Waals surface area contributed by atoms with E-state index in [0.29, 0.717) is 58.6 Å². The van der Waals surface area contributed by atoms with Gasteiger partial charge in [0.2, 0.25) is 5.95 Å². The molecule has 7 rings (SSSR count). The molecule has 2 N–H and O–H groups in total. The maximum Gasteiger partial charge on any atom is 0.210 e. The summed E-state index contributed by atoms with van der Waals surface area (Å²) in [5, 5.41) is 18.9. The molecule has 6 heterocycles. The molecule has 208 valence electrons. The van der Waals surface area contributed by atoms with Crippen LogP contribution in [-0.2, 0) is 17.2 Å². The van der Waals surface area contributed by atoms with Gasteiger partial charge < -0.3 is 24.5 Å². The number of aromatic nitrogens is 8. The normalized spacial score (nSPS) is 19.6. The summed E-state index contributed by atoms with van der Waals surface area (Å²) in [6.45, 7) is 7.04. The Hall–Kier alpha value is -3.74. The molecule has 1 saturated carbocycles. The SMILES string of the molecule is Cn1c(Nc2cc(C(C)(C)C)n([C@@H]3COC[C@H]3O)n2)nc2ncc(Oc3cnc4cnc(C5CC5)n4c3)c(Cl)c21. The predicted molar refractivity (Wildman–Crippen MR) is 149 cm³/mol. The highest BCUT2D eigenvalue weighted by atomic mass is 35.5. The number of nitrogens with one attached hydrogen (secondary N) is 1. The third kappa shape index (κ3) is 4.27. The molecule has 1 aliphatic carbocycles. The summed E-state index contributed by atoms with van der Waals surface area (Å²) in [4.78, 5) is 18.2. The monoisotopic (exact) mass is 563 g/mol. The van der Waals surface area contributed by atoms with E-state index in [1.165, 1.54) is 0 Å². The molecule has 0 unspecified atom stereocenters. The van der Waals surface area contributed by atoms with Gasteiger partial charge in [0.05, 0.1) is 38.0 Å². The molecule has 5 aromatic rings. The first-order chi connectivity index (χ1) is 19.2. The number of nitrogens with zero attached hydrogens (tertiary/aromatic N) is 8. The molecule has 2 atom stereocenters. The standard InChI is InChI=1S/C27H30ClN9O3/c1-27(2,3)19-7-20(34-37(19)16-12-39-13-17(16)38)32-26-33-24-23(35(26)4)22(28)18(9-30-24)40-15-8-29-21-10-31-25(14-5-6-14)36(21)11-15/h7-11,14,16-17,38H,5-6,12-13H2,1-4H3,(H,30,32,33,34)/t16-,17-/m1/s1. The molecular weight excluding hydrogens is 534 g/mol. The number of halogens is 1. The lowest BCUT2D eigenvalue weighted by atomic mass is 9.91. The molecule has 0 amide bonds. The molecule has 13 heteroatoms. The lowest BCUT2D eigenvalue weighted by molar-refractivity contribution is 0.117. The molecule has 5 aromatic heterocycles. The van der Waals surface area contributed by atoms with Crippen LogP contribution in [0, 0.1) is 0 Å². The maximum atomic E-state index is 10.4. The zero-order valence-corrected chi connectivity index (χ0v) is 23.4. The van der Waals surface area contributed by atoms with Gasteiger partial charge in [-0.2, -0.15) is 10.1 Å². The number of aliphatic hydroxyl groups excluding tert-OH is 1. The molecular formula is C27H30ClN9O3. The third-order valence-corrected chi connectivity index (χ3v) is 7.81. The van der Waals surface area contributed by atoms with E-state index in [2.05, 4.69) is 46.0 Å². The van der Waals surface area contributed by atoms with Crippen molar-refractivity contribution in [1.82, 2.24) is 38.7 Å². The fourth-order valence-corrected chi connectivity index (χ4v) is 5.45. The Morgan fingerprint density at radius 1 is 1.12 bits per heavy atom. The van der Waals surface area contributed by atoms with Crippen LogP contribution < -0.4 is 10.1 Å². The first-order valence-electron chi connectivity index (χ1n) is 13.3. The minimum atomic E-state index is -0.615. The fourth-order valence-electron chi connectivity index (χ4n) is 5.15. The average molecular weight is 564 g/mol. The molecule has 0 bridgehead atoms. The number of hydrogen-bond acceptors (Lipinski definition) is 9. The Bertz CT molecular complexity index is 1750. The molecule has 1 saturated heterocycles. The second-order valence-electron chi connectivity index (χ2n) is 11.5. The number of fused-ring (bicyclic) bond motifs is 2. The van der Waals surface area contributed by atoms with E-state index in [4.69, 9.17) is 26.2 Å². The molecule has 40 heavy (non-hydrogen) atoms. The van der Waals surface area contributed by atoms with Gasteiger partial charge >= 0.3 is 0 Å². The summed E-state index contributed by atoms with van der Waals surface area (Å²) < 4.78 is 17.3. The zero-order chi connectivity index (χ0) is 27.8. The highest BCUT2D eigenvalue weighted by Crippen LogP contribution is 2.40. The van der Waals surface area contributed by atoms with Gasteiger partial charge in [-0.05, 0) is 12.8 Å². The number of imidazole rings is 2. The predicted octanol–water partition coefficient (Wildman–Crippen LogP) is 4.50. The first-order valence-corrected chi connectivity index (χ1v) is 13.7. The summed E-state index contributed by atoms with van der Waals surface area (Å²) in [7, 11) is 1.85. The maximum absolute atomic E-state index is 10.4. The van der Waals surface area contributed by atoms with Crippen molar-refractivity contribution >= 4 is 40.2 Å². The van der Waals surface area contributed by atoms with Crippen LogP contribution in [0.25, 0.3) is 16.8 Å². The Kier molecular flexibility index (Phi) is 5.77. The number of anilines is 2. The van der Waals surface area contributed by atoms with Crippen LogP contribution in [0.15, 0.2) is 30.9 Å². The van der Waals surface area contributed by atoms with Crippen molar-refractivity contribution < 1.29 is 14.6 Å². The minimum Gasteiger partial charge on any atom is -0.451 e. The third-order valence-electron chi connectivity index (χ3n) is 7.44. The topological polar surface area (TPSA) is 129 Å². The molecule has 1 aliphatic heterocycles. The Morgan fingerprint density at radius 2 is 1.95 bits per heavy atom. The van der Waals surface area contributed by atoms with Crippen molar-refractivity contribution in [3.8, 4) is 11.5 Å². The van der Waals surface area contributed by atoms with Gasteiger partial charge in [0.15, 0.2) is 28.6 Å². The number of hydrogen-bond donors (Lipinski definition) is 2. The van der Waals surface area contributed by atoms with Gasteiger partial charge in [0.25, 0.3) is 0 Å². The Morgan fingerprint density at radius 3 is 2.67 bits per heavy atom. The number of pyridine rings is 1. The lowest BCUT2D eigenvalue weighted by Crippen LogP contribution is -2.28. The largest absolute Gasteiger partial charge is 0.451 e. The highest BCUT2D eigenvalue weighted by Gasteiger charge is 2.34. The van der Waals surface area contributed by atoms with Gasteiger partial charge in [-0.25, -0.2) is 15.0 Å². The molecule has 2 fully saturated rings. The number of rotatable bonds is 6. The molecule has 0 aromatic carbocycles.